The number of rotatable bonds is 4. The highest BCUT2D eigenvalue weighted by Crippen LogP contribution is 2.19. The van der Waals surface area contributed by atoms with Gasteiger partial charge in [0.15, 0.2) is 0 Å². The molecule has 5 heteroatoms. The van der Waals surface area contributed by atoms with Gasteiger partial charge < -0.3 is 5.32 Å². The van der Waals surface area contributed by atoms with E-state index < -0.39 is 6.43 Å². The van der Waals surface area contributed by atoms with Crippen LogP contribution >= 0.6 is 0 Å². The third-order valence-corrected chi connectivity index (χ3v) is 2.43. The van der Waals surface area contributed by atoms with Crippen LogP contribution in [0.1, 0.15) is 17.6 Å². The van der Waals surface area contributed by atoms with Gasteiger partial charge in [0.2, 0.25) is 0 Å². The van der Waals surface area contributed by atoms with Crippen LogP contribution in [0.3, 0.4) is 0 Å². The number of alkyl halides is 2. The second-order valence-electron chi connectivity index (χ2n) is 3.80. The summed E-state index contributed by atoms with van der Waals surface area (Å²) in [5.74, 6) is 0. The van der Waals surface area contributed by atoms with Crippen molar-refractivity contribution in [2.75, 3.05) is 5.32 Å². The molecule has 0 saturated carbocycles. The van der Waals surface area contributed by atoms with Crippen LogP contribution in [0.4, 0.5) is 14.5 Å². The molecule has 3 nitrogen and oxygen atoms in total. The van der Waals surface area contributed by atoms with E-state index in [4.69, 9.17) is 0 Å². The zero-order valence-electron chi connectivity index (χ0n) is 9.40. The Morgan fingerprint density at radius 2 is 2.00 bits per heavy atom. The Hall–Kier alpha value is -1.91. The van der Waals surface area contributed by atoms with Crippen molar-refractivity contribution in [3.05, 3.63) is 47.8 Å². The molecule has 0 aliphatic carbocycles. The Labute approximate surface area is 98.1 Å². The lowest BCUT2D eigenvalue weighted by atomic mass is 10.1. The maximum Gasteiger partial charge on any atom is 0.263 e. The van der Waals surface area contributed by atoms with Crippen molar-refractivity contribution in [2.24, 2.45) is 7.05 Å². The molecule has 2 aromatic rings. The minimum Gasteiger partial charge on any atom is -0.378 e. The van der Waals surface area contributed by atoms with Gasteiger partial charge in [0.1, 0.15) is 0 Å². The highest BCUT2D eigenvalue weighted by Gasteiger charge is 2.05. The summed E-state index contributed by atoms with van der Waals surface area (Å²) in [5.41, 5.74) is 1.92. The fourth-order valence-corrected chi connectivity index (χ4v) is 1.50. The Morgan fingerprint density at radius 3 is 2.53 bits per heavy atom. The van der Waals surface area contributed by atoms with E-state index in [0.717, 1.165) is 11.3 Å². The van der Waals surface area contributed by atoms with Crippen LogP contribution in [0.2, 0.25) is 0 Å². The van der Waals surface area contributed by atoms with Gasteiger partial charge in [-0.15, -0.1) is 0 Å². The fraction of sp³-hybridized carbons (Fsp3) is 0.250. The molecule has 0 fully saturated rings. The zero-order chi connectivity index (χ0) is 12.3. The molecule has 90 valence electrons. The summed E-state index contributed by atoms with van der Waals surface area (Å²) in [4.78, 5) is 0. The maximum atomic E-state index is 12.3. The van der Waals surface area contributed by atoms with Gasteiger partial charge in [0.05, 0.1) is 11.9 Å². The van der Waals surface area contributed by atoms with E-state index >= 15 is 0 Å². The van der Waals surface area contributed by atoms with Crippen molar-refractivity contribution in [1.29, 1.82) is 0 Å². The van der Waals surface area contributed by atoms with Crippen molar-refractivity contribution in [3.8, 4) is 0 Å². The normalized spacial score (nSPS) is 10.8. The molecule has 0 amide bonds. The first kappa shape index (κ1) is 11.6. The summed E-state index contributed by atoms with van der Waals surface area (Å²) >= 11 is 0. The van der Waals surface area contributed by atoms with Crippen LogP contribution in [0.15, 0.2) is 36.7 Å². The largest absolute Gasteiger partial charge is 0.378 e. The Kier molecular flexibility index (Phi) is 3.37. The zero-order valence-corrected chi connectivity index (χ0v) is 9.40. The number of anilines is 1. The summed E-state index contributed by atoms with van der Waals surface area (Å²) in [6, 6.07) is 6.30. The quantitative estimate of drug-likeness (QED) is 0.886. The van der Waals surface area contributed by atoms with E-state index in [0.29, 0.717) is 6.54 Å². The van der Waals surface area contributed by atoms with Crippen molar-refractivity contribution >= 4 is 5.69 Å². The topological polar surface area (TPSA) is 29.9 Å². The number of hydrogen-bond donors (Lipinski definition) is 1. The fourth-order valence-electron chi connectivity index (χ4n) is 1.50. The highest BCUT2D eigenvalue weighted by molar-refractivity contribution is 5.39. The van der Waals surface area contributed by atoms with Gasteiger partial charge in [-0.2, -0.15) is 5.10 Å². The summed E-state index contributed by atoms with van der Waals surface area (Å²) in [7, 11) is 1.84. The molecule has 1 aromatic carbocycles. The van der Waals surface area contributed by atoms with Crippen LogP contribution in [0.5, 0.6) is 0 Å². The van der Waals surface area contributed by atoms with Crippen LogP contribution in [0, 0.1) is 0 Å². The smallest absolute Gasteiger partial charge is 0.263 e. The van der Waals surface area contributed by atoms with E-state index in [1.807, 2.05) is 13.2 Å². The molecule has 1 N–H and O–H groups in total. The molecule has 2 rings (SSSR count). The minimum atomic E-state index is -2.41. The molecule has 0 unspecified atom stereocenters. The maximum absolute atomic E-state index is 12.3. The number of aromatic nitrogens is 2. The molecule has 0 saturated heterocycles. The van der Waals surface area contributed by atoms with Crippen molar-refractivity contribution in [2.45, 2.75) is 13.0 Å². The number of nitrogens with one attached hydrogen (secondary N) is 1. The number of nitrogens with zero attached hydrogens (tertiary/aromatic N) is 2. The number of benzene rings is 1. The Bertz CT molecular complexity index is 477. The molecular formula is C12H13F2N3. The summed E-state index contributed by atoms with van der Waals surface area (Å²) in [6.07, 6.45) is 1.16. The second-order valence-corrected chi connectivity index (χ2v) is 3.80. The lowest BCUT2D eigenvalue weighted by Gasteiger charge is -2.05. The van der Waals surface area contributed by atoms with Crippen molar-refractivity contribution in [3.63, 3.8) is 0 Å². The van der Waals surface area contributed by atoms with Gasteiger partial charge >= 0.3 is 0 Å². The molecule has 0 spiro atoms. The van der Waals surface area contributed by atoms with Crippen LogP contribution in [-0.2, 0) is 13.6 Å². The predicted molar refractivity (Wildman–Crippen MR) is 61.9 cm³/mol. The molecule has 1 aromatic heterocycles. The van der Waals surface area contributed by atoms with E-state index in [1.54, 1.807) is 23.0 Å². The minimum absolute atomic E-state index is 0.0510. The molecular weight excluding hydrogens is 224 g/mol. The third kappa shape index (κ3) is 3.03. The molecule has 0 atom stereocenters. The van der Waals surface area contributed by atoms with Gasteiger partial charge in [0, 0.05) is 25.4 Å². The highest BCUT2D eigenvalue weighted by atomic mass is 19.3. The van der Waals surface area contributed by atoms with Gasteiger partial charge in [-0.3, -0.25) is 4.68 Å². The molecule has 0 radical (unpaired) electrons. The number of halogens is 2. The summed E-state index contributed by atoms with van der Waals surface area (Å²) in [5, 5.41) is 7.18. The molecule has 0 aliphatic rings. The Balaban J connectivity index is 1.95. The van der Waals surface area contributed by atoms with Crippen LogP contribution in [-0.4, -0.2) is 9.78 Å². The van der Waals surface area contributed by atoms with E-state index in [-0.39, 0.29) is 5.56 Å². The Morgan fingerprint density at radius 1 is 1.29 bits per heavy atom. The van der Waals surface area contributed by atoms with E-state index in [9.17, 15) is 8.78 Å². The van der Waals surface area contributed by atoms with Gasteiger partial charge in [-0.1, -0.05) is 24.3 Å². The first-order chi connectivity index (χ1) is 8.15. The second kappa shape index (κ2) is 4.95. The first-order valence-electron chi connectivity index (χ1n) is 5.24. The summed E-state index contributed by atoms with van der Waals surface area (Å²) < 4.78 is 26.3. The lowest BCUT2D eigenvalue weighted by Crippen LogP contribution is -1.98. The molecule has 0 bridgehead atoms. The van der Waals surface area contributed by atoms with Crippen molar-refractivity contribution in [1.82, 2.24) is 9.78 Å². The number of hydrogen-bond acceptors (Lipinski definition) is 2. The van der Waals surface area contributed by atoms with E-state index in [1.165, 1.54) is 12.1 Å². The van der Waals surface area contributed by atoms with E-state index in [2.05, 4.69) is 10.4 Å². The third-order valence-electron chi connectivity index (χ3n) is 2.43. The monoisotopic (exact) mass is 237 g/mol. The summed E-state index contributed by atoms with van der Waals surface area (Å²) in [6.45, 7) is 0.592. The van der Waals surface area contributed by atoms with Gasteiger partial charge in [-0.25, -0.2) is 8.78 Å². The van der Waals surface area contributed by atoms with Gasteiger partial charge in [-0.05, 0) is 5.56 Å². The number of aryl methyl sites for hydroxylation is 1. The van der Waals surface area contributed by atoms with Crippen molar-refractivity contribution < 1.29 is 8.78 Å². The lowest BCUT2D eigenvalue weighted by molar-refractivity contribution is 0.151. The standard InChI is InChI=1S/C12H13F2N3/c1-17-8-11(7-16-17)15-6-9-2-4-10(5-3-9)12(13)14/h2-5,7-8,12,15H,6H2,1H3. The average molecular weight is 237 g/mol. The van der Waals surface area contributed by atoms with Gasteiger partial charge in [0.25, 0.3) is 6.43 Å². The predicted octanol–water partition coefficient (Wildman–Crippen LogP) is 2.97. The molecule has 0 aliphatic heterocycles. The van der Waals surface area contributed by atoms with Crippen LogP contribution in [0.25, 0.3) is 0 Å². The average Bonchev–Trinajstić information content (AvgIpc) is 2.73. The SMILES string of the molecule is Cn1cc(NCc2ccc(C(F)F)cc2)cn1. The molecule has 17 heavy (non-hydrogen) atoms. The van der Waals surface area contributed by atoms with Crippen LogP contribution < -0.4 is 5.32 Å². The molecule has 1 heterocycles. The first-order valence-corrected chi connectivity index (χ1v) is 5.24.